The maximum atomic E-state index is 12.8. The first-order valence-electron chi connectivity index (χ1n) is 11.0. The number of nitrogens with zero attached hydrogens (tertiary/aromatic N) is 5. The van der Waals surface area contributed by atoms with Crippen molar-refractivity contribution < 1.29 is 14.7 Å². The van der Waals surface area contributed by atoms with E-state index < -0.39 is 6.10 Å². The second-order valence-corrected chi connectivity index (χ2v) is 8.68. The van der Waals surface area contributed by atoms with Crippen molar-refractivity contribution in [1.29, 1.82) is 0 Å². The highest BCUT2D eigenvalue weighted by molar-refractivity contribution is 6.04. The van der Waals surface area contributed by atoms with Gasteiger partial charge in [-0.05, 0) is 42.7 Å². The minimum atomic E-state index is -0.438. The summed E-state index contributed by atoms with van der Waals surface area (Å²) in [4.78, 5) is 31.3. The van der Waals surface area contributed by atoms with Gasteiger partial charge in [0.05, 0.1) is 6.10 Å². The van der Waals surface area contributed by atoms with Gasteiger partial charge in [0.15, 0.2) is 0 Å². The van der Waals surface area contributed by atoms with E-state index in [-0.39, 0.29) is 29.3 Å². The van der Waals surface area contributed by atoms with Gasteiger partial charge in [-0.1, -0.05) is 19.1 Å². The van der Waals surface area contributed by atoms with Crippen LogP contribution in [0.2, 0.25) is 0 Å². The number of amides is 2. The fourth-order valence-electron chi connectivity index (χ4n) is 3.86. The fourth-order valence-corrected chi connectivity index (χ4v) is 3.86. The lowest BCUT2D eigenvalue weighted by Gasteiger charge is -2.40. The summed E-state index contributed by atoms with van der Waals surface area (Å²) in [6.45, 7) is 4.86. The molecule has 9 nitrogen and oxygen atoms in total. The van der Waals surface area contributed by atoms with Crippen LogP contribution in [0, 0.1) is 5.92 Å². The van der Waals surface area contributed by atoms with Crippen molar-refractivity contribution in [2.45, 2.75) is 32.3 Å². The number of nitrogens with one attached hydrogen (secondary N) is 1. The second-order valence-electron chi connectivity index (χ2n) is 8.68. The lowest BCUT2D eigenvalue weighted by Crippen LogP contribution is -2.53. The van der Waals surface area contributed by atoms with Crippen LogP contribution in [0.4, 0.5) is 5.69 Å². The highest BCUT2D eigenvalue weighted by atomic mass is 16.3. The number of aliphatic hydroxyl groups is 1. The van der Waals surface area contributed by atoms with Crippen LogP contribution in [-0.2, 0) is 13.5 Å². The van der Waals surface area contributed by atoms with Gasteiger partial charge in [-0.3, -0.25) is 14.6 Å². The molecule has 1 unspecified atom stereocenters. The van der Waals surface area contributed by atoms with Crippen molar-refractivity contribution in [3.8, 4) is 0 Å². The molecule has 2 amide bonds. The lowest BCUT2D eigenvalue weighted by molar-refractivity contribution is 0.00881. The van der Waals surface area contributed by atoms with E-state index >= 15 is 0 Å². The number of anilines is 1. The molecular formula is C24H28N6O3. The fraction of sp³-hybridized carbons (Fsp3) is 0.375. The van der Waals surface area contributed by atoms with Crippen molar-refractivity contribution in [1.82, 2.24) is 24.6 Å². The first-order chi connectivity index (χ1) is 15.8. The van der Waals surface area contributed by atoms with E-state index in [1.54, 1.807) is 24.2 Å². The molecule has 2 atom stereocenters. The van der Waals surface area contributed by atoms with E-state index in [2.05, 4.69) is 27.4 Å². The molecule has 1 fully saturated rings. The highest BCUT2D eigenvalue weighted by Crippen LogP contribution is 2.24. The van der Waals surface area contributed by atoms with Crippen molar-refractivity contribution in [3.05, 3.63) is 71.6 Å². The summed E-state index contributed by atoms with van der Waals surface area (Å²) in [6.07, 6.45) is 3.43. The Hall–Kier alpha value is -3.59. The normalized spacial score (nSPS) is 15.6. The molecule has 9 heteroatoms. The number of carbonyl (C=O) groups is 2. The average Bonchev–Trinajstić information content (AvgIpc) is 3.17. The molecule has 1 saturated heterocycles. The van der Waals surface area contributed by atoms with Gasteiger partial charge in [-0.25, -0.2) is 0 Å². The van der Waals surface area contributed by atoms with E-state index in [4.69, 9.17) is 0 Å². The van der Waals surface area contributed by atoms with E-state index in [1.807, 2.05) is 35.9 Å². The van der Waals surface area contributed by atoms with E-state index in [9.17, 15) is 14.7 Å². The third-order valence-electron chi connectivity index (χ3n) is 6.13. The maximum absolute atomic E-state index is 12.8. The largest absolute Gasteiger partial charge is 0.393 e. The Morgan fingerprint density at radius 1 is 1.21 bits per heavy atom. The van der Waals surface area contributed by atoms with Crippen LogP contribution < -0.4 is 5.32 Å². The molecule has 0 radical (unpaired) electrons. The summed E-state index contributed by atoms with van der Waals surface area (Å²) < 4.78 is 1.90. The van der Waals surface area contributed by atoms with Gasteiger partial charge in [-0.2, -0.15) is 0 Å². The molecule has 0 aliphatic carbocycles. The number of benzene rings is 1. The summed E-state index contributed by atoms with van der Waals surface area (Å²) in [7, 11) is 1.91. The van der Waals surface area contributed by atoms with Crippen LogP contribution in [0.5, 0.6) is 0 Å². The number of carbonyl (C=O) groups excluding carboxylic acids is 2. The SMILES string of the molecule is CC(O)C1CN(C(=O)c2ccnc(C(=O)Nc3cccc([C@H](C)Cc4nncn4C)c3)c2)C1. The predicted molar refractivity (Wildman–Crippen MR) is 123 cm³/mol. The second kappa shape index (κ2) is 9.50. The molecule has 33 heavy (non-hydrogen) atoms. The first kappa shape index (κ1) is 22.6. The molecule has 1 aromatic carbocycles. The van der Waals surface area contributed by atoms with Crippen LogP contribution in [0.15, 0.2) is 48.9 Å². The molecule has 1 aliphatic rings. The molecule has 1 aliphatic heterocycles. The molecule has 0 saturated carbocycles. The number of hydrogen-bond donors (Lipinski definition) is 2. The molecule has 172 valence electrons. The number of aliphatic hydroxyl groups excluding tert-OH is 1. The first-order valence-corrected chi connectivity index (χ1v) is 11.0. The zero-order valence-electron chi connectivity index (χ0n) is 19.0. The van der Waals surface area contributed by atoms with Crippen molar-refractivity contribution in [2.75, 3.05) is 18.4 Å². The zero-order valence-corrected chi connectivity index (χ0v) is 19.0. The van der Waals surface area contributed by atoms with E-state index in [0.717, 1.165) is 17.8 Å². The minimum Gasteiger partial charge on any atom is -0.393 e. The Morgan fingerprint density at radius 2 is 2.00 bits per heavy atom. The van der Waals surface area contributed by atoms with Crippen molar-refractivity contribution >= 4 is 17.5 Å². The zero-order chi connectivity index (χ0) is 23.5. The van der Waals surface area contributed by atoms with Gasteiger partial charge in [0.1, 0.15) is 17.8 Å². The lowest BCUT2D eigenvalue weighted by atomic mass is 9.94. The topological polar surface area (TPSA) is 113 Å². The van der Waals surface area contributed by atoms with Gasteiger partial charge in [0, 0.05) is 49.9 Å². The van der Waals surface area contributed by atoms with Gasteiger partial charge >= 0.3 is 0 Å². The predicted octanol–water partition coefficient (Wildman–Crippen LogP) is 2.26. The third-order valence-corrected chi connectivity index (χ3v) is 6.13. The summed E-state index contributed by atoms with van der Waals surface area (Å²) in [6, 6.07) is 10.8. The Balaban J connectivity index is 1.41. The van der Waals surface area contributed by atoms with Crippen molar-refractivity contribution in [3.63, 3.8) is 0 Å². The van der Waals surface area contributed by atoms with Crippen LogP contribution in [0.1, 0.15) is 52.0 Å². The van der Waals surface area contributed by atoms with E-state index in [0.29, 0.717) is 24.3 Å². The summed E-state index contributed by atoms with van der Waals surface area (Å²) in [5.41, 5.74) is 2.30. The standard InChI is InChI=1S/C24H28N6O3/c1-15(9-22-28-26-14-29(22)3)17-5-4-6-20(10-17)27-23(32)21-11-18(7-8-25-21)24(33)30-12-19(13-30)16(2)31/h4-8,10-11,14-16,19,31H,9,12-13H2,1-3H3,(H,27,32)/t15-,16?/m1/s1. The molecular weight excluding hydrogens is 420 g/mol. The van der Waals surface area contributed by atoms with Crippen molar-refractivity contribution in [2.24, 2.45) is 13.0 Å². The number of hydrogen-bond acceptors (Lipinski definition) is 6. The number of pyridine rings is 1. The van der Waals surface area contributed by atoms with E-state index in [1.165, 1.54) is 12.3 Å². The molecule has 2 N–H and O–H groups in total. The number of aromatic nitrogens is 4. The van der Waals surface area contributed by atoms with Crippen LogP contribution in [-0.4, -0.2) is 60.8 Å². The number of rotatable bonds is 7. The van der Waals surface area contributed by atoms with Gasteiger partial charge in [0.2, 0.25) is 0 Å². The number of aryl methyl sites for hydroxylation is 1. The van der Waals surface area contributed by atoms with Crippen LogP contribution >= 0.6 is 0 Å². The molecule has 3 aromatic rings. The monoisotopic (exact) mass is 448 g/mol. The Labute approximate surface area is 192 Å². The molecule has 0 spiro atoms. The Morgan fingerprint density at radius 3 is 2.70 bits per heavy atom. The summed E-state index contributed by atoms with van der Waals surface area (Å²) in [5.74, 6) is 0.633. The van der Waals surface area contributed by atoms with Gasteiger partial charge in [0.25, 0.3) is 11.8 Å². The van der Waals surface area contributed by atoms with Crippen LogP contribution in [0.25, 0.3) is 0 Å². The molecule has 3 heterocycles. The molecule has 4 rings (SSSR count). The third kappa shape index (κ3) is 5.09. The summed E-state index contributed by atoms with van der Waals surface area (Å²) in [5, 5.41) is 20.6. The van der Waals surface area contributed by atoms with Gasteiger partial charge < -0.3 is 19.9 Å². The molecule has 0 bridgehead atoms. The minimum absolute atomic E-state index is 0.0990. The van der Waals surface area contributed by atoms with Crippen LogP contribution in [0.3, 0.4) is 0 Å². The Kier molecular flexibility index (Phi) is 6.50. The average molecular weight is 449 g/mol. The molecule has 2 aromatic heterocycles. The smallest absolute Gasteiger partial charge is 0.274 e. The maximum Gasteiger partial charge on any atom is 0.274 e. The highest BCUT2D eigenvalue weighted by Gasteiger charge is 2.34. The summed E-state index contributed by atoms with van der Waals surface area (Å²) >= 11 is 0. The van der Waals surface area contributed by atoms with Gasteiger partial charge in [-0.15, -0.1) is 10.2 Å². The number of likely N-dealkylation sites (tertiary alicyclic amines) is 1. The Bertz CT molecular complexity index is 1150. The quantitative estimate of drug-likeness (QED) is 0.573.